The quantitative estimate of drug-likeness (QED) is 0.762. The molecule has 0 bridgehead atoms. The van der Waals surface area contributed by atoms with E-state index in [1.807, 2.05) is 6.92 Å². The van der Waals surface area contributed by atoms with Gasteiger partial charge in [0.25, 0.3) is 0 Å². The van der Waals surface area contributed by atoms with E-state index in [9.17, 15) is 4.79 Å². The van der Waals surface area contributed by atoms with E-state index in [4.69, 9.17) is 9.52 Å². The fourth-order valence-electron chi connectivity index (χ4n) is 1.06. The first kappa shape index (κ1) is 10.6. The van der Waals surface area contributed by atoms with Gasteiger partial charge in [0.1, 0.15) is 0 Å². The van der Waals surface area contributed by atoms with Gasteiger partial charge in [-0.3, -0.25) is 5.32 Å². The number of likely N-dealkylation sites (N-methyl/N-ethyl adjacent to an activating group) is 1. The van der Waals surface area contributed by atoms with Crippen LogP contribution in [0.3, 0.4) is 0 Å². The fraction of sp³-hybridized carbons (Fsp3) is 0.444. The minimum absolute atomic E-state index is 0.0422. The lowest BCUT2D eigenvalue weighted by molar-refractivity contribution is 0.191. The third-order valence-electron chi connectivity index (χ3n) is 1.79. The zero-order chi connectivity index (χ0) is 10.4. The maximum atomic E-state index is 11.5. The van der Waals surface area contributed by atoms with Crippen LogP contribution in [0, 0.1) is 0 Å². The molecule has 1 heterocycles. The van der Waals surface area contributed by atoms with E-state index in [1.54, 1.807) is 12.1 Å². The van der Waals surface area contributed by atoms with Crippen LogP contribution < -0.4 is 5.32 Å². The van der Waals surface area contributed by atoms with Crippen molar-refractivity contribution in [3.05, 3.63) is 18.4 Å². The van der Waals surface area contributed by atoms with Crippen molar-refractivity contribution in [2.24, 2.45) is 0 Å². The fourth-order valence-corrected chi connectivity index (χ4v) is 1.06. The van der Waals surface area contributed by atoms with E-state index < -0.39 is 0 Å². The van der Waals surface area contributed by atoms with Crippen LogP contribution in [0.1, 0.15) is 6.92 Å². The summed E-state index contributed by atoms with van der Waals surface area (Å²) in [5, 5.41) is 11.3. The third kappa shape index (κ3) is 2.77. The first-order chi connectivity index (χ1) is 6.77. The van der Waals surface area contributed by atoms with Gasteiger partial charge in [-0.05, 0) is 13.0 Å². The molecule has 0 aliphatic carbocycles. The summed E-state index contributed by atoms with van der Waals surface area (Å²) in [7, 11) is 0. The molecule has 2 N–H and O–H groups in total. The normalized spacial score (nSPS) is 9.86. The van der Waals surface area contributed by atoms with Crippen LogP contribution in [0.2, 0.25) is 0 Å². The minimum Gasteiger partial charge on any atom is -0.449 e. The molecule has 0 saturated heterocycles. The second-order valence-electron chi connectivity index (χ2n) is 2.71. The number of amides is 2. The molecule has 0 spiro atoms. The Bertz CT molecular complexity index is 272. The summed E-state index contributed by atoms with van der Waals surface area (Å²) < 4.78 is 4.96. The third-order valence-corrected chi connectivity index (χ3v) is 1.79. The molecule has 14 heavy (non-hydrogen) atoms. The first-order valence-corrected chi connectivity index (χ1v) is 4.48. The molecule has 0 aliphatic heterocycles. The Hall–Kier alpha value is -1.49. The number of aliphatic hydroxyl groups is 1. The Kier molecular flexibility index (Phi) is 4.00. The van der Waals surface area contributed by atoms with Crippen molar-refractivity contribution in [2.75, 3.05) is 25.0 Å². The first-order valence-electron chi connectivity index (χ1n) is 4.48. The van der Waals surface area contributed by atoms with Crippen molar-refractivity contribution in [3.63, 3.8) is 0 Å². The molecule has 1 aromatic heterocycles. The Morgan fingerprint density at radius 1 is 1.71 bits per heavy atom. The van der Waals surface area contributed by atoms with Gasteiger partial charge >= 0.3 is 6.03 Å². The highest BCUT2D eigenvalue weighted by molar-refractivity contribution is 5.87. The number of nitrogens with one attached hydrogen (secondary N) is 1. The van der Waals surface area contributed by atoms with E-state index in [0.717, 1.165) is 0 Å². The molecule has 0 atom stereocenters. The molecule has 5 heteroatoms. The monoisotopic (exact) mass is 198 g/mol. The second kappa shape index (κ2) is 5.29. The Labute approximate surface area is 82.3 Å². The number of urea groups is 1. The number of carbonyl (C=O) groups excluding carboxylic acids is 1. The summed E-state index contributed by atoms with van der Waals surface area (Å²) in [6.07, 6.45) is 1.48. The van der Waals surface area contributed by atoms with Gasteiger partial charge in [0.15, 0.2) is 0 Å². The van der Waals surface area contributed by atoms with Crippen molar-refractivity contribution < 1.29 is 14.3 Å². The summed E-state index contributed by atoms with van der Waals surface area (Å²) in [4.78, 5) is 13.0. The lowest BCUT2D eigenvalue weighted by atomic mass is 10.5. The maximum absolute atomic E-state index is 11.5. The Morgan fingerprint density at radius 3 is 3.00 bits per heavy atom. The highest BCUT2D eigenvalue weighted by Crippen LogP contribution is 2.07. The lowest BCUT2D eigenvalue weighted by Gasteiger charge is -2.18. The van der Waals surface area contributed by atoms with Crippen LogP contribution in [0.5, 0.6) is 0 Å². The zero-order valence-electron chi connectivity index (χ0n) is 8.06. The number of rotatable bonds is 4. The van der Waals surface area contributed by atoms with Gasteiger partial charge in [0.05, 0.1) is 12.9 Å². The van der Waals surface area contributed by atoms with Gasteiger partial charge in [-0.2, -0.15) is 0 Å². The Morgan fingerprint density at radius 2 is 2.50 bits per heavy atom. The number of hydrogen-bond acceptors (Lipinski definition) is 3. The molecular formula is C9H14N2O3. The van der Waals surface area contributed by atoms with Gasteiger partial charge in [0, 0.05) is 19.2 Å². The van der Waals surface area contributed by atoms with Crippen molar-refractivity contribution in [3.8, 4) is 0 Å². The molecule has 1 rings (SSSR count). The molecule has 1 aromatic rings. The number of nitrogens with zero attached hydrogens (tertiary/aromatic N) is 1. The number of furan rings is 1. The molecule has 78 valence electrons. The van der Waals surface area contributed by atoms with E-state index in [2.05, 4.69) is 5.32 Å². The summed E-state index contributed by atoms with van der Waals surface area (Å²) >= 11 is 0. The molecule has 0 fully saturated rings. The maximum Gasteiger partial charge on any atom is 0.324 e. The molecule has 0 aromatic carbocycles. The van der Waals surface area contributed by atoms with Crippen molar-refractivity contribution >= 4 is 11.9 Å². The predicted molar refractivity (Wildman–Crippen MR) is 52.1 cm³/mol. The van der Waals surface area contributed by atoms with Gasteiger partial charge in [0.2, 0.25) is 5.88 Å². The molecule has 2 amide bonds. The van der Waals surface area contributed by atoms with E-state index in [-0.39, 0.29) is 12.6 Å². The average Bonchev–Trinajstić information content (AvgIpc) is 2.66. The second-order valence-corrected chi connectivity index (χ2v) is 2.71. The molecule has 0 radical (unpaired) electrons. The van der Waals surface area contributed by atoms with Crippen LogP contribution in [-0.2, 0) is 0 Å². The van der Waals surface area contributed by atoms with Crippen LogP contribution in [0.15, 0.2) is 22.8 Å². The van der Waals surface area contributed by atoms with Gasteiger partial charge < -0.3 is 14.4 Å². The summed E-state index contributed by atoms with van der Waals surface area (Å²) in [5.41, 5.74) is 0. The van der Waals surface area contributed by atoms with Crippen LogP contribution in [0.25, 0.3) is 0 Å². The van der Waals surface area contributed by atoms with Crippen LogP contribution in [-0.4, -0.2) is 35.7 Å². The van der Waals surface area contributed by atoms with Crippen molar-refractivity contribution in [1.82, 2.24) is 4.90 Å². The van der Waals surface area contributed by atoms with E-state index >= 15 is 0 Å². The molecule has 0 saturated carbocycles. The zero-order valence-corrected chi connectivity index (χ0v) is 8.06. The van der Waals surface area contributed by atoms with Gasteiger partial charge in [-0.15, -0.1) is 0 Å². The van der Waals surface area contributed by atoms with Gasteiger partial charge in [-0.25, -0.2) is 4.79 Å². The van der Waals surface area contributed by atoms with E-state index in [0.29, 0.717) is 19.0 Å². The number of aliphatic hydroxyl groups excluding tert-OH is 1. The summed E-state index contributed by atoms with van der Waals surface area (Å²) in [6.45, 7) is 2.67. The molecule has 0 unspecified atom stereocenters. The van der Waals surface area contributed by atoms with Gasteiger partial charge in [-0.1, -0.05) is 0 Å². The van der Waals surface area contributed by atoms with E-state index in [1.165, 1.54) is 11.2 Å². The molecular weight excluding hydrogens is 184 g/mol. The number of anilines is 1. The highest BCUT2D eigenvalue weighted by Gasteiger charge is 2.11. The number of carbonyl (C=O) groups is 1. The smallest absolute Gasteiger partial charge is 0.324 e. The standard InChI is InChI=1S/C9H14N2O3/c1-2-11(5-6-12)9(13)10-8-4-3-7-14-8/h3-4,7,12H,2,5-6H2,1H3,(H,10,13). The summed E-state index contributed by atoms with van der Waals surface area (Å²) in [5.74, 6) is 0.409. The van der Waals surface area contributed by atoms with Crippen molar-refractivity contribution in [1.29, 1.82) is 0 Å². The van der Waals surface area contributed by atoms with Crippen LogP contribution in [0.4, 0.5) is 10.7 Å². The molecule has 5 nitrogen and oxygen atoms in total. The largest absolute Gasteiger partial charge is 0.449 e. The highest BCUT2D eigenvalue weighted by atomic mass is 16.3. The van der Waals surface area contributed by atoms with Crippen LogP contribution >= 0.6 is 0 Å². The summed E-state index contributed by atoms with van der Waals surface area (Å²) in [6, 6.07) is 3.08. The Balaban J connectivity index is 2.47. The SMILES string of the molecule is CCN(CCO)C(=O)Nc1ccco1. The van der Waals surface area contributed by atoms with Crippen molar-refractivity contribution in [2.45, 2.75) is 6.92 Å². The lowest BCUT2D eigenvalue weighted by Crippen LogP contribution is -2.36. The molecule has 0 aliphatic rings. The predicted octanol–water partition coefficient (Wildman–Crippen LogP) is 1.13. The number of hydrogen-bond donors (Lipinski definition) is 2. The minimum atomic E-state index is -0.267. The topological polar surface area (TPSA) is 65.7 Å². The average molecular weight is 198 g/mol.